The summed E-state index contributed by atoms with van der Waals surface area (Å²) in [6, 6.07) is 26.0. The highest BCUT2D eigenvalue weighted by molar-refractivity contribution is 6.39. The minimum Gasteiger partial charge on any atom is -0.248 e. The smallest absolute Gasteiger partial charge is 0.0739 e. The summed E-state index contributed by atoms with van der Waals surface area (Å²) >= 11 is 12.6. The molecule has 4 rings (SSSR count). The van der Waals surface area contributed by atoms with Crippen molar-refractivity contribution in [2.75, 3.05) is 0 Å². The highest BCUT2D eigenvalue weighted by atomic mass is 35.5. The average Bonchev–Trinajstić information content (AvgIpc) is 2.61. The van der Waals surface area contributed by atoms with Gasteiger partial charge >= 0.3 is 0 Å². The Bertz CT molecular complexity index is 1020. The number of benzene rings is 3. The lowest BCUT2D eigenvalue weighted by atomic mass is 10.0. The maximum atomic E-state index is 6.32. The summed E-state index contributed by atoms with van der Waals surface area (Å²) in [6.07, 6.45) is 0. The van der Waals surface area contributed by atoms with Gasteiger partial charge in [0.2, 0.25) is 0 Å². The summed E-state index contributed by atoms with van der Waals surface area (Å²) in [5, 5.41) is 3.61. The summed E-state index contributed by atoms with van der Waals surface area (Å²) in [5.41, 5.74) is 3.51. The molecule has 1 heterocycles. The van der Waals surface area contributed by atoms with E-state index in [4.69, 9.17) is 28.2 Å². The fourth-order valence-corrected chi connectivity index (χ4v) is 3.42. The molecule has 116 valence electrons. The van der Waals surface area contributed by atoms with Crippen LogP contribution in [-0.4, -0.2) is 4.98 Å². The molecule has 0 bridgehead atoms. The Kier molecular flexibility index (Phi) is 3.97. The van der Waals surface area contributed by atoms with Gasteiger partial charge in [-0.05, 0) is 41.1 Å². The summed E-state index contributed by atoms with van der Waals surface area (Å²) in [4.78, 5) is 4.77. The molecule has 0 saturated heterocycles. The lowest BCUT2D eigenvalue weighted by molar-refractivity contribution is 1.32. The monoisotopic (exact) mass is 349 g/mol. The van der Waals surface area contributed by atoms with Gasteiger partial charge in [0.15, 0.2) is 0 Å². The second-order valence-electron chi connectivity index (χ2n) is 5.57. The molecule has 1 aromatic heterocycles. The van der Waals surface area contributed by atoms with Crippen molar-refractivity contribution in [2.45, 2.75) is 0 Å². The molecule has 1 nitrogen and oxygen atoms in total. The molecule has 0 N–H and O–H groups in total. The van der Waals surface area contributed by atoms with E-state index < -0.39 is 0 Å². The Labute approximate surface area is 150 Å². The molecule has 0 atom stereocenters. The van der Waals surface area contributed by atoms with Gasteiger partial charge in [-0.3, -0.25) is 0 Å². The molecule has 3 aromatic carbocycles. The Morgan fingerprint density at radius 3 is 2.04 bits per heavy atom. The van der Waals surface area contributed by atoms with E-state index in [2.05, 4.69) is 30.3 Å². The van der Waals surface area contributed by atoms with Gasteiger partial charge in [0.25, 0.3) is 0 Å². The van der Waals surface area contributed by atoms with Crippen LogP contribution in [0.15, 0.2) is 78.9 Å². The van der Waals surface area contributed by atoms with Gasteiger partial charge in [0.1, 0.15) is 0 Å². The van der Waals surface area contributed by atoms with E-state index in [-0.39, 0.29) is 0 Å². The van der Waals surface area contributed by atoms with Gasteiger partial charge in [0.05, 0.1) is 21.4 Å². The fourth-order valence-electron chi connectivity index (χ4n) is 2.83. The standard InChI is InChI=1S/C21H13Cl2N/c22-17-7-3-8-18(23)21(17)20-10-4-9-19(24-20)16-12-11-14-5-1-2-6-15(14)13-16/h1-13H. The van der Waals surface area contributed by atoms with Crippen molar-refractivity contribution >= 4 is 34.0 Å². The van der Waals surface area contributed by atoms with Crippen LogP contribution in [0.2, 0.25) is 10.0 Å². The molecule has 0 saturated carbocycles. The third-order valence-electron chi connectivity index (χ3n) is 4.01. The molecule has 3 heteroatoms. The first-order valence-corrected chi connectivity index (χ1v) is 8.38. The lowest BCUT2D eigenvalue weighted by Gasteiger charge is -2.09. The molecule has 0 radical (unpaired) electrons. The SMILES string of the molecule is Clc1cccc(Cl)c1-c1cccc(-c2ccc3ccccc3c2)n1. The van der Waals surface area contributed by atoms with Gasteiger partial charge in [-0.15, -0.1) is 0 Å². The van der Waals surface area contributed by atoms with Crippen LogP contribution in [-0.2, 0) is 0 Å². The van der Waals surface area contributed by atoms with Gasteiger partial charge < -0.3 is 0 Å². The minimum atomic E-state index is 0.602. The molecule has 0 aliphatic carbocycles. The van der Waals surface area contributed by atoms with Crippen molar-refractivity contribution in [1.82, 2.24) is 4.98 Å². The van der Waals surface area contributed by atoms with Crippen LogP contribution in [0.3, 0.4) is 0 Å². The number of rotatable bonds is 2. The summed E-state index contributed by atoms with van der Waals surface area (Å²) in [7, 11) is 0. The van der Waals surface area contributed by atoms with E-state index in [1.165, 1.54) is 10.8 Å². The molecule has 4 aromatic rings. The predicted molar refractivity (Wildman–Crippen MR) is 103 cm³/mol. The molecule has 0 fully saturated rings. The molecular formula is C21H13Cl2N. The highest BCUT2D eigenvalue weighted by Gasteiger charge is 2.11. The van der Waals surface area contributed by atoms with Gasteiger partial charge in [-0.2, -0.15) is 0 Å². The largest absolute Gasteiger partial charge is 0.248 e. The number of pyridine rings is 1. The van der Waals surface area contributed by atoms with Crippen LogP contribution in [0.4, 0.5) is 0 Å². The van der Waals surface area contributed by atoms with E-state index in [9.17, 15) is 0 Å². The second-order valence-corrected chi connectivity index (χ2v) is 6.38. The van der Waals surface area contributed by atoms with Crippen molar-refractivity contribution in [3.63, 3.8) is 0 Å². The summed E-state index contributed by atoms with van der Waals surface area (Å²) in [5.74, 6) is 0. The number of aromatic nitrogens is 1. The van der Waals surface area contributed by atoms with Crippen molar-refractivity contribution in [2.24, 2.45) is 0 Å². The molecule has 0 unspecified atom stereocenters. The molecule has 0 aliphatic rings. The van der Waals surface area contributed by atoms with Gasteiger partial charge in [-0.25, -0.2) is 4.98 Å². The van der Waals surface area contributed by atoms with E-state index in [1.807, 2.05) is 48.5 Å². The molecule has 24 heavy (non-hydrogen) atoms. The number of halogens is 2. The first-order valence-electron chi connectivity index (χ1n) is 7.63. The van der Waals surface area contributed by atoms with Crippen LogP contribution in [0.25, 0.3) is 33.3 Å². The number of nitrogens with zero attached hydrogens (tertiary/aromatic N) is 1. The van der Waals surface area contributed by atoms with Crippen molar-refractivity contribution in [3.05, 3.63) is 88.9 Å². The normalized spacial score (nSPS) is 10.9. The Balaban J connectivity index is 1.85. The zero-order chi connectivity index (χ0) is 16.5. The zero-order valence-electron chi connectivity index (χ0n) is 12.7. The average molecular weight is 350 g/mol. The third-order valence-corrected chi connectivity index (χ3v) is 4.64. The van der Waals surface area contributed by atoms with Gasteiger partial charge in [-0.1, -0.05) is 71.7 Å². The van der Waals surface area contributed by atoms with Crippen LogP contribution in [0.5, 0.6) is 0 Å². The number of fused-ring (bicyclic) bond motifs is 1. The Morgan fingerprint density at radius 1 is 0.583 bits per heavy atom. The first-order chi connectivity index (χ1) is 11.7. The summed E-state index contributed by atoms with van der Waals surface area (Å²) < 4.78 is 0. The number of hydrogen-bond donors (Lipinski definition) is 0. The van der Waals surface area contributed by atoms with E-state index in [0.29, 0.717) is 10.0 Å². The first kappa shape index (κ1) is 15.2. The Hall–Kier alpha value is -2.35. The fraction of sp³-hybridized carbons (Fsp3) is 0. The zero-order valence-corrected chi connectivity index (χ0v) is 14.2. The molecule has 0 amide bonds. The second kappa shape index (κ2) is 6.27. The van der Waals surface area contributed by atoms with E-state index in [1.54, 1.807) is 0 Å². The van der Waals surface area contributed by atoms with E-state index >= 15 is 0 Å². The van der Waals surface area contributed by atoms with Crippen LogP contribution < -0.4 is 0 Å². The van der Waals surface area contributed by atoms with Crippen LogP contribution in [0, 0.1) is 0 Å². The molecule has 0 spiro atoms. The third kappa shape index (κ3) is 2.77. The maximum Gasteiger partial charge on any atom is 0.0739 e. The quantitative estimate of drug-likeness (QED) is 0.384. The highest BCUT2D eigenvalue weighted by Crippen LogP contribution is 2.34. The minimum absolute atomic E-state index is 0.602. The van der Waals surface area contributed by atoms with Crippen molar-refractivity contribution in [1.29, 1.82) is 0 Å². The van der Waals surface area contributed by atoms with Crippen LogP contribution >= 0.6 is 23.2 Å². The topological polar surface area (TPSA) is 12.9 Å². The summed E-state index contributed by atoms with van der Waals surface area (Å²) in [6.45, 7) is 0. The van der Waals surface area contributed by atoms with Crippen LogP contribution in [0.1, 0.15) is 0 Å². The van der Waals surface area contributed by atoms with Crippen molar-refractivity contribution in [3.8, 4) is 22.5 Å². The molecule has 0 aliphatic heterocycles. The number of hydrogen-bond acceptors (Lipinski definition) is 1. The van der Waals surface area contributed by atoms with E-state index in [0.717, 1.165) is 22.5 Å². The van der Waals surface area contributed by atoms with Crippen molar-refractivity contribution < 1.29 is 0 Å². The van der Waals surface area contributed by atoms with Gasteiger partial charge in [0, 0.05) is 11.1 Å². The Morgan fingerprint density at radius 2 is 1.25 bits per heavy atom. The maximum absolute atomic E-state index is 6.32. The molecular weight excluding hydrogens is 337 g/mol. The predicted octanol–water partition coefficient (Wildman–Crippen LogP) is 6.88. The lowest BCUT2D eigenvalue weighted by Crippen LogP contribution is -1.89.